The van der Waals surface area contributed by atoms with Crippen molar-refractivity contribution in [3.63, 3.8) is 0 Å². The molecule has 9 nitrogen and oxygen atoms in total. The zero-order valence-corrected chi connectivity index (χ0v) is 18.9. The maximum absolute atomic E-state index is 12.7. The van der Waals surface area contributed by atoms with E-state index in [2.05, 4.69) is 27.8 Å². The number of carboxylic acids is 1. The summed E-state index contributed by atoms with van der Waals surface area (Å²) < 4.78 is 10.8. The van der Waals surface area contributed by atoms with Crippen LogP contribution in [0.4, 0.5) is 4.79 Å². The van der Waals surface area contributed by atoms with E-state index in [4.69, 9.17) is 9.15 Å². The third kappa shape index (κ3) is 4.49. The summed E-state index contributed by atoms with van der Waals surface area (Å²) in [6.07, 6.45) is 2.32. The molecule has 0 bridgehead atoms. The number of ether oxygens (including phenoxy) is 1. The molecule has 1 heterocycles. The van der Waals surface area contributed by atoms with Crippen molar-refractivity contribution in [3.05, 3.63) is 77.5 Å². The third-order valence-corrected chi connectivity index (χ3v) is 6.74. The van der Waals surface area contributed by atoms with Crippen LogP contribution in [0.2, 0.25) is 0 Å². The van der Waals surface area contributed by atoms with Gasteiger partial charge < -0.3 is 24.9 Å². The number of alkyl carbamates (subject to hydrolysis) is 1. The van der Waals surface area contributed by atoms with Gasteiger partial charge in [0.2, 0.25) is 0 Å². The first-order chi connectivity index (χ1) is 17.0. The number of amides is 2. The third-order valence-electron chi connectivity index (χ3n) is 6.74. The lowest BCUT2D eigenvalue weighted by atomic mass is 9.98. The molecule has 180 valence electrons. The number of carbonyl (C=O) groups is 3. The van der Waals surface area contributed by atoms with Crippen molar-refractivity contribution in [3.8, 4) is 11.1 Å². The van der Waals surface area contributed by atoms with Gasteiger partial charge >= 0.3 is 12.1 Å². The van der Waals surface area contributed by atoms with Crippen molar-refractivity contribution >= 4 is 18.0 Å². The van der Waals surface area contributed by atoms with E-state index in [1.165, 1.54) is 0 Å². The minimum atomic E-state index is -0.926. The monoisotopic (exact) mass is 475 g/mol. The summed E-state index contributed by atoms with van der Waals surface area (Å²) in [6, 6.07) is 15.7. The van der Waals surface area contributed by atoms with Gasteiger partial charge in [-0.2, -0.15) is 0 Å². The number of nitrogens with one attached hydrogen (secondary N) is 2. The smallest absolute Gasteiger partial charge is 0.407 e. The zero-order valence-electron chi connectivity index (χ0n) is 18.9. The molecule has 3 aromatic rings. The summed E-state index contributed by atoms with van der Waals surface area (Å²) in [7, 11) is 0. The van der Waals surface area contributed by atoms with Crippen LogP contribution in [0.1, 0.15) is 52.6 Å². The van der Waals surface area contributed by atoms with Gasteiger partial charge in [0.1, 0.15) is 6.61 Å². The van der Waals surface area contributed by atoms with Gasteiger partial charge in [0.15, 0.2) is 17.8 Å². The zero-order chi connectivity index (χ0) is 24.4. The van der Waals surface area contributed by atoms with Crippen LogP contribution < -0.4 is 10.6 Å². The number of hydrogen-bond acceptors (Lipinski definition) is 6. The summed E-state index contributed by atoms with van der Waals surface area (Å²) in [4.78, 5) is 40.4. The maximum Gasteiger partial charge on any atom is 0.407 e. The molecule has 0 radical (unpaired) electrons. The van der Waals surface area contributed by atoms with Crippen molar-refractivity contribution < 1.29 is 28.6 Å². The quantitative estimate of drug-likeness (QED) is 0.475. The van der Waals surface area contributed by atoms with E-state index in [-0.39, 0.29) is 30.5 Å². The highest BCUT2D eigenvalue weighted by Gasteiger charge is 2.35. The Hall–Kier alpha value is -4.14. The molecule has 0 aliphatic heterocycles. The van der Waals surface area contributed by atoms with E-state index in [1.54, 1.807) is 0 Å². The number of oxazole rings is 1. The molecule has 2 aromatic carbocycles. The number of aliphatic carboxylic acids is 1. The molecule has 1 fully saturated rings. The Kier molecular flexibility index (Phi) is 6.22. The largest absolute Gasteiger partial charge is 0.481 e. The minimum absolute atomic E-state index is 0.0139. The highest BCUT2D eigenvalue weighted by Crippen LogP contribution is 2.44. The Morgan fingerprint density at radius 3 is 2.40 bits per heavy atom. The Morgan fingerprint density at radius 1 is 1.03 bits per heavy atom. The van der Waals surface area contributed by atoms with Crippen molar-refractivity contribution in [1.29, 1.82) is 0 Å². The molecule has 2 atom stereocenters. The van der Waals surface area contributed by atoms with Gasteiger partial charge in [-0.15, -0.1) is 0 Å². The fourth-order valence-electron chi connectivity index (χ4n) is 5.05. The van der Waals surface area contributed by atoms with Crippen LogP contribution in [0, 0.1) is 5.92 Å². The topological polar surface area (TPSA) is 131 Å². The average molecular weight is 476 g/mol. The number of carbonyl (C=O) groups excluding carboxylic acids is 2. The lowest BCUT2D eigenvalue weighted by molar-refractivity contribution is -0.142. The molecular formula is C26H25N3O6. The number of carboxylic acid groups (broad SMARTS) is 1. The minimum Gasteiger partial charge on any atom is -0.481 e. The first-order valence-electron chi connectivity index (χ1n) is 11.6. The Morgan fingerprint density at radius 2 is 1.71 bits per heavy atom. The molecule has 0 unspecified atom stereocenters. The fourth-order valence-corrected chi connectivity index (χ4v) is 5.05. The first-order valence-corrected chi connectivity index (χ1v) is 11.6. The molecule has 5 rings (SSSR count). The van der Waals surface area contributed by atoms with E-state index in [9.17, 15) is 19.5 Å². The SMILES string of the molecule is O=C(NCc1ocnc1C(=O)N[C@@H]1CCC[C@@H]1C(=O)O)OCC1c2ccccc2-c2ccccc21. The normalized spacial score (nSPS) is 18.5. The maximum atomic E-state index is 12.7. The highest BCUT2D eigenvalue weighted by molar-refractivity contribution is 5.93. The van der Waals surface area contributed by atoms with Crippen molar-refractivity contribution in [1.82, 2.24) is 15.6 Å². The summed E-state index contributed by atoms with van der Waals surface area (Å²) >= 11 is 0. The van der Waals surface area contributed by atoms with Crippen LogP contribution in [-0.2, 0) is 16.1 Å². The molecule has 2 aliphatic rings. The molecule has 2 amide bonds. The molecule has 2 aliphatic carbocycles. The van der Waals surface area contributed by atoms with Crippen LogP contribution in [0.3, 0.4) is 0 Å². The first kappa shape index (κ1) is 22.6. The molecule has 0 spiro atoms. The van der Waals surface area contributed by atoms with Crippen molar-refractivity contribution in [2.24, 2.45) is 5.92 Å². The van der Waals surface area contributed by atoms with Gasteiger partial charge in [-0.3, -0.25) is 9.59 Å². The second-order valence-electron chi connectivity index (χ2n) is 8.76. The lowest BCUT2D eigenvalue weighted by Gasteiger charge is -2.17. The van der Waals surface area contributed by atoms with Gasteiger partial charge in [-0.05, 0) is 35.1 Å². The summed E-state index contributed by atoms with van der Waals surface area (Å²) in [6.45, 7) is 0.0777. The van der Waals surface area contributed by atoms with Crippen LogP contribution >= 0.6 is 0 Å². The van der Waals surface area contributed by atoms with E-state index < -0.39 is 29.9 Å². The standard InChI is InChI=1S/C26H25N3O6/c30-24(29-21-11-5-10-19(21)25(31)32)23-22(35-14-28-23)12-27-26(33)34-13-20-17-8-3-1-6-15(17)16-7-2-4-9-18(16)20/h1-4,6-9,14,19-21H,5,10-13H2,(H,27,33)(H,29,30)(H,31,32)/t19-,21+/m0/s1. The Bertz CT molecular complexity index is 1220. The van der Waals surface area contributed by atoms with Gasteiger partial charge in [0.05, 0.1) is 12.5 Å². The predicted octanol–water partition coefficient (Wildman–Crippen LogP) is 3.70. The van der Waals surface area contributed by atoms with Crippen LogP contribution in [0.25, 0.3) is 11.1 Å². The van der Waals surface area contributed by atoms with E-state index in [0.29, 0.717) is 12.8 Å². The van der Waals surface area contributed by atoms with Crippen LogP contribution in [-0.4, -0.2) is 40.7 Å². The Labute approximate surface area is 201 Å². The molecule has 1 aromatic heterocycles. The predicted molar refractivity (Wildman–Crippen MR) is 125 cm³/mol. The number of nitrogens with zero attached hydrogens (tertiary/aromatic N) is 1. The van der Waals surface area contributed by atoms with Gasteiger partial charge in [0.25, 0.3) is 5.91 Å². The van der Waals surface area contributed by atoms with E-state index >= 15 is 0 Å². The fraction of sp³-hybridized carbons (Fsp3) is 0.308. The summed E-state index contributed by atoms with van der Waals surface area (Å²) in [5.74, 6) is -1.96. The lowest BCUT2D eigenvalue weighted by Crippen LogP contribution is -2.40. The number of hydrogen-bond donors (Lipinski definition) is 3. The number of rotatable bonds is 7. The number of fused-ring (bicyclic) bond motifs is 3. The van der Waals surface area contributed by atoms with Gasteiger partial charge in [0, 0.05) is 12.0 Å². The van der Waals surface area contributed by atoms with E-state index in [1.807, 2.05) is 36.4 Å². The Balaban J connectivity index is 1.18. The summed E-state index contributed by atoms with van der Waals surface area (Å²) in [5.41, 5.74) is 4.52. The molecule has 35 heavy (non-hydrogen) atoms. The second-order valence-corrected chi connectivity index (χ2v) is 8.76. The highest BCUT2D eigenvalue weighted by atomic mass is 16.5. The molecule has 9 heteroatoms. The number of aromatic nitrogens is 1. The molecule has 3 N–H and O–H groups in total. The van der Waals surface area contributed by atoms with Crippen LogP contribution in [0.15, 0.2) is 59.3 Å². The summed E-state index contributed by atoms with van der Waals surface area (Å²) in [5, 5.41) is 14.7. The molecule has 1 saturated carbocycles. The van der Waals surface area contributed by atoms with Crippen LogP contribution in [0.5, 0.6) is 0 Å². The van der Waals surface area contributed by atoms with Crippen molar-refractivity contribution in [2.45, 2.75) is 37.8 Å². The van der Waals surface area contributed by atoms with Gasteiger partial charge in [-0.25, -0.2) is 9.78 Å². The molecular weight excluding hydrogens is 450 g/mol. The average Bonchev–Trinajstić information content (AvgIpc) is 3.59. The van der Waals surface area contributed by atoms with Crippen molar-refractivity contribution in [2.75, 3.05) is 6.61 Å². The van der Waals surface area contributed by atoms with E-state index in [0.717, 1.165) is 35.1 Å². The van der Waals surface area contributed by atoms with Gasteiger partial charge in [-0.1, -0.05) is 55.0 Å². The molecule has 0 saturated heterocycles. The number of benzene rings is 2. The second kappa shape index (κ2) is 9.61.